The monoisotopic (exact) mass is 533 g/mol. The molecule has 2 aromatic carbocycles. The number of benzene rings is 2. The van der Waals surface area contributed by atoms with Crippen LogP contribution in [0.15, 0.2) is 65.7 Å². The minimum atomic E-state index is -0.400. The van der Waals surface area contributed by atoms with Crippen LogP contribution in [-0.4, -0.2) is 67.1 Å². The predicted molar refractivity (Wildman–Crippen MR) is 149 cm³/mol. The number of aliphatic imine (C=N–C) groups is 1. The van der Waals surface area contributed by atoms with Crippen LogP contribution in [-0.2, 0) is 25.7 Å². The number of rotatable bonds is 7. The molecule has 1 N–H and O–H groups in total. The number of carbonyl (C=O) groups excluding carboxylic acids is 2. The van der Waals surface area contributed by atoms with Crippen molar-refractivity contribution in [2.24, 2.45) is 4.99 Å². The first-order valence-corrected chi connectivity index (χ1v) is 13.7. The summed E-state index contributed by atoms with van der Waals surface area (Å²) in [4.78, 5) is 33.0. The van der Waals surface area contributed by atoms with Gasteiger partial charge in [-0.3, -0.25) is 14.1 Å². The number of para-hydroxylation sites is 2. The third kappa shape index (κ3) is 6.23. The van der Waals surface area contributed by atoms with Gasteiger partial charge in [0.1, 0.15) is 17.4 Å². The Morgan fingerprint density at radius 1 is 1.00 bits per heavy atom. The second-order valence-corrected chi connectivity index (χ2v) is 11.3. The van der Waals surface area contributed by atoms with E-state index in [1.165, 1.54) is 4.88 Å². The van der Waals surface area contributed by atoms with Crippen LogP contribution in [0, 0.1) is 6.92 Å². The number of likely N-dealkylation sites (N-methyl/N-ethyl adjacent to an activating group) is 1. The van der Waals surface area contributed by atoms with Crippen LogP contribution in [0.25, 0.3) is 0 Å². The Morgan fingerprint density at radius 3 is 2.45 bits per heavy atom. The summed E-state index contributed by atoms with van der Waals surface area (Å²) in [6.45, 7) is 5.85. The highest BCUT2D eigenvalue weighted by Gasteiger charge is 2.33. The van der Waals surface area contributed by atoms with E-state index in [2.05, 4.69) is 36.3 Å². The molecule has 0 atom stereocenters. The maximum atomic E-state index is 12.3. The SMILES string of the molecule is Cc1cc2c(s1)Nc1ccccc1N=C2N1CC[N+](C)(COC(=O)CCC(=O)OCc2ccccc2)CC1. The zero-order valence-corrected chi connectivity index (χ0v) is 22.6. The lowest BCUT2D eigenvalue weighted by Gasteiger charge is -2.42. The highest BCUT2D eigenvalue weighted by atomic mass is 32.1. The van der Waals surface area contributed by atoms with E-state index >= 15 is 0 Å². The molecular weight excluding hydrogens is 500 g/mol. The molecule has 8 nitrogen and oxygen atoms in total. The number of aryl methyl sites for hydroxylation is 1. The largest absolute Gasteiger partial charge is 0.461 e. The molecule has 3 heterocycles. The highest BCUT2D eigenvalue weighted by Crippen LogP contribution is 2.39. The number of nitrogens with one attached hydrogen (secondary N) is 1. The Labute approximate surface area is 227 Å². The van der Waals surface area contributed by atoms with E-state index in [9.17, 15) is 9.59 Å². The average molecular weight is 534 g/mol. The van der Waals surface area contributed by atoms with Gasteiger partial charge in [0.15, 0.2) is 0 Å². The molecule has 9 heteroatoms. The number of fused-ring (bicyclic) bond motifs is 2. The van der Waals surface area contributed by atoms with Crippen LogP contribution in [0.3, 0.4) is 0 Å². The summed E-state index contributed by atoms with van der Waals surface area (Å²) in [6, 6.07) is 19.8. The number of hydrogen-bond acceptors (Lipinski definition) is 8. The Balaban J connectivity index is 1.12. The fourth-order valence-electron chi connectivity index (χ4n) is 4.59. The van der Waals surface area contributed by atoms with Crippen LogP contribution in [0.2, 0.25) is 0 Å². The molecule has 198 valence electrons. The number of ether oxygens (including phenoxy) is 2. The van der Waals surface area contributed by atoms with E-state index in [-0.39, 0.29) is 32.1 Å². The number of hydrogen-bond donors (Lipinski definition) is 1. The molecule has 38 heavy (non-hydrogen) atoms. The highest BCUT2D eigenvalue weighted by molar-refractivity contribution is 7.16. The van der Waals surface area contributed by atoms with Crippen LogP contribution in [0.4, 0.5) is 16.4 Å². The topological polar surface area (TPSA) is 80.2 Å². The number of nitrogens with zero attached hydrogens (tertiary/aromatic N) is 3. The summed E-state index contributed by atoms with van der Waals surface area (Å²) in [5.41, 5.74) is 3.99. The predicted octanol–water partition coefficient (Wildman–Crippen LogP) is 4.98. The third-order valence-corrected chi connectivity index (χ3v) is 7.87. The van der Waals surface area contributed by atoms with E-state index in [0.29, 0.717) is 4.48 Å². The molecule has 2 aliphatic heterocycles. The molecule has 0 amide bonds. The van der Waals surface area contributed by atoms with E-state index in [1.807, 2.05) is 48.5 Å². The molecule has 5 rings (SSSR count). The molecule has 0 aliphatic carbocycles. The maximum absolute atomic E-state index is 12.3. The molecule has 2 aliphatic rings. The lowest BCUT2D eigenvalue weighted by atomic mass is 10.2. The zero-order valence-electron chi connectivity index (χ0n) is 21.8. The summed E-state index contributed by atoms with van der Waals surface area (Å²) in [7, 11) is 2.10. The Bertz CT molecular complexity index is 1330. The van der Waals surface area contributed by atoms with Gasteiger partial charge < -0.3 is 19.7 Å². The summed E-state index contributed by atoms with van der Waals surface area (Å²) in [5.74, 6) is 0.208. The molecule has 0 spiro atoms. The summed E-state index contributed by atoms with van der Waals surface area (Å²) >= 11 is 1.74. The van der Waals surface area contributed by atoms with Crippen molar-refractivity contribution in [2.75, 3.05) is 45.3 Å². The van der Waals surface area contributed by atoms with Gasteiger partial charge >= 0.3 is 11.9 Å². The zero-order chi connectivity index (χ0) is 26.5. The van der Waals surface area contributed by atoms with Gasteiger partial charge in [-0.1, -0.05) is 42.5 Å². The minimum Gasteiger partial charge on any atom is -0.461 e. The Kier molecular flexibility index (Phi) is 7.76. The summed E-state index contributed by atoms with van der Waals surface area (Å²) in [5, 5.41) is 4.68. The van der Waals surface area contributed by atoms with Crippen molar-refractivity contribution in [3.05, 3.63) is 76.7 Å². The van der Waals surface area contributed by atoms with Crippen LogP contribution >= 0.6 is 11.3 Å². The standard InChI is InChI=1S/C29H33N4O4S/c1-21-18-23-28(30-24-10-6-7-11-25(24)31-29(23)38-21)32-14-16-33(2,17-15-32)20-37-27(35)13-12-26(34)36-19-22-8-4-3-5-9-22/h3-11,18,31H,12-17,19-20H2,1-2H3/q+1. The van der Waals surface area contributed by atoms with E-state index in [1.54, 1.807) is 11.3 Å². The fraction of sp³-hybridized carbons (Fsp3) is 0.345. The van der Waals surface area contributed by atoms with Gasteiger partial charge in [0.05, 0.1) is 63.0 Å². The van der Waals surface area contributed by atoms with Gasteiger partial charge in [-0.2, -0.15) is 0 Å². The quantitative estimate of drug-likeness (QED) is 0.341. The van der Waals surface area contributed by atoms with Crippen LogP contribution in [0.5, 0.6) is 0 Å². The number of anilines is 2. The molecule has 1 fully saturated rings. The average Bonchev–Trinajstić information content (AvgIpc) is 3.22. The summed E-state index contributed by atoms with van der Waals surface area (Å²) in [6.07, 6.45) is 0.0319. The molecule has 0 saturated carbocycles. The first-order chi connectivity index (χ1) is 18.4. The lowest BCUT2D eigenvalue weighted by molar-refractivity contribution is -0.929. The van der Waals surface area contributed by atoms with Gasteiger partial charge in [0, 0.05) is 4.88 Å². The Morgan fingerprint density at radius 2 is 1.68 bits per heavy atom. The van der Waals surface area contributed by atoms with Crippen molar-refractivity contribution >= 4 is 45.5 Å². The second-order valence-electron chi connectivity index (χ2n) is 10.0. The molecule has 1 saturated heterocycles. The minimum absolute atomic E-state index is 0.0148. The molecule has 3 aromatic rings. The van der Waals surface area contributed by atoms with Gasteiger partial charge in [-0.25, -0.2) is 4.99 Å². The smallest absolute Gasteiger partial charge is 0.310 e. The van der Waals surface area contributed by atoms with Gasteiger partial charge in [0.25, 0.3) is 0 Å². The van der Waals surface area contributed by atoms with Crippen LogP contribution < -0.4 is 5.32 Å². The van der Waals surface area contributed by atoms with E-state index < -0.39 is 5.97 Å². The first-order valence-electron chi connectivity index (χ1n) is 12.9. The first kappa shape index (κ1) is 25.9. The number of amidine groups is 1. The van der Waals surface area contributed by atoms with Crippen molar-refractivity contribution in [3.8, 4) is 0 Å². The number of thiophene rings is 1. The van der Waals surface area contributed by atoms with Crippen molar-refractivity contribution in [1.29, 1.82) is 0 Å². The molecule has 0 bridgehead atoms. The van der Waals surface area contributed by atoms with Gasteiger partial charge in [-0.15, -0.1) is 11.3 Å². The van der Waals surface area contributed by atoms with Gasteiger partial charge in [0.2, 0.25) is 6.73 Å². The van der Waals surface area contributed by atoms with E-state index in [4.69, 9.17) is 14.5 Å². The normalized spacial score (nSPS) is 15.8. The van der Waals surface area contributed by atoms with Crippen molar-refractivity contribution in [2.45, 2.75) is 26.4 Å². The molecule has 1 aromatic heterocycles. The molecule has 0 radical (unpaired) electrons. The summed E-state index contributed by atoms with van der Waals surface area (Å²) < 4.78 is 11.4. The molecule has 0 unspecified atom stereocenters. The van der Waals surface area contributed by atoms with Gasteiger partial charge in [-0.05, 0) is 30.7 Å². The number of piperazine rings is 1. The Hall–Kier alpha value is -3.69. The van der Waals surface area contributed by atoms with E-state index in [0.717, 1.165) is 59.5 Å². The van der Waals surface area contributed by atoms with Crippen molar-refractivity contribution in [3.63, 3.8) is 0 Å². The maximum Gasteiger partial charge on any atom is 0.310 e. The van der Waals surface area contributed by atoms with Crippen LogP contribution in [0.1, 0.15) is 28.8 Å². The number of quaternary nitrogens is 1. The van der Waals surface area contributed by atoms with Crippen molar-refractivity contribution in [1.82, 2.24) is 4.90 Å². The number of esters is 2. The number of carbonyl (C=O) groups is 2. The fourth-order valence-corrected chi connectivity index (χ4v) is 5.51. The molecular formula is C29H33N4O4S+. The van der Waals surface area contributed by atoms with Crippen molar-refractivity contribution < 1.29 is 23.5 Å². The second kappa shape index (κ2) is 11.4. The third-order valence-electron chi connectivity index (χ3n) is 6.91. The lowest BCUT2D eigenvalue weighted by Crippen LogP contribution is -2.59.